The van der Waals surface area contributed by atoms with Gasteiger partial charge in [0.2, 0.25) is 11.8 Å². The predicted molar refractivity (Wildman–Crippen MR) is 93.7 cm³/mol. The van der Waals surface area contributed by atoms with E-state index < -0.39 is 0 Å². The van der Waals surface area contributed by atoms with Crippen LogP contribution in [0.3, 0.4) is 0 Å². The fraction of sp³-hybridized carbons (Fsp3) is 0.529. The molecule has 2 heterocycles. The van der Waals surface area contributed by atoms with Crippen molar-refractivity contribution in [3.8, 4) is 0 Å². The van der Waals surface area contributed by atoms with Crippen molar-refractivity contribution in [3.05, 3.63) is 29.3 Å². The third kappa shape index (κ3) is 3.47. The Morgan fingerprint density at radius 1 is 1.17 bits per heavy atom. The zero-order chi connectivity index (χ0) is 16.4. The molecule has 2 amide bonds. The van der Waals surface area contributed by atoms with Crippen LogP contribution in [0.25, 0.3) is 0 Å². The van der Waals surface area contributed by atoms with Gasteiger partial charge in [0.25, 0.3) is 0 Å². The first-order chi connectivity index (χ1) is 11.1. The second-order valence-corrected chi connectivity index (χ2v) is 7.11. The van der Waals surface area contributed by atoms with Gasteiger partial charge in [0.1, 0.15) is 6.54 Å². The lowest BCUT2D eigenvalue weighted by atomic mass is 10.1. The van der Waals surface area contributed by atoms with Crippen molar-refractivity contribution in [2.24, 2.45) is 0 Å². The zero-order valence-corrected chi connectivity index (χ0v) is 14.6. The van der Waals surface area contributed by atoms with Crippen LogP contribution in [0, 0.1) is 13.8 Å². The van der Waals surface area contributed by atoms with Crippen LogP contribution >= 0.6 is 11.8 Å². The highest BCUT2D eigenvalue weighted by Crippen LogP contribution is 2.24. The summed E-state index contributed by atoms with van der Waals surface area (Å²) in [6.45, 7) is 7.65. The first-order valence-electron chi connectivity index (χ1n) is 8.00. The Balaban J connectivity index is 1.56. The summed E-state index contributed by atoms with van der Waals surface area (Å²) < 4.78 is 0. The highest BCUT2D eigenvalue weighted by molar-refractivity contribution is 8.00. The molecular weight excluding hydrogens is 310 g/mol. The van der Waals surface area contributed by atoms with Crippen LogP contribution < -0.4 is 4.90 Å². The SMILES string of the molecule is Cc1cccc(N2CCN(C(=O)CN3CSCC3=O)CC2)c1C. The van der Waals surface area contributed by atoms with Gasteiger partial charge < -0.3 is 14.7 Å². The van der Waals surface area contributed by atoms with Gasteiger partial charge >= 0.3 is 0 Å². The number of piperazine rings is 1. The second-order valence-electron chi connectivity index (χ2n) is 6.16. The number of amides is 2. The van der Waals surface area contributed by atoms with E-state index in [2.05, 4.69) is 36.9 Å². The average molecular weight is 333 g/mol. The van der Waals surface area contributed by atoms with Crippen LogP contribution in [-0.2, 0) is 9.59 Å². The highest BCUT2D eigenvalue weighted by Gasteiger charge is 2.27. The Hall–Kier alpha value is -1.69. The molecule has 3 rings (SSSR count). The lowest BCUT2D eigenvalue weighted by molar-refractivity contribution is -0.138. The number of carbonyl (C=O) groups is 2. The molecule has 5 nitrogen and oxygen atoms in total. The maximum absolute atomic E-state index is 12.4. The molecule has 0 saturated carbocycles. The maximum Gasteiger partial charge on any atom is 0.242 e. The molecule has 0 bridgehead atoms. The summed E-state index contributed by atoms with van der Waals surface area (Å²) in [4.78, 5) is 29.9. The molecule has 2 fully saturated rings. The van der Waals surface area contributed by atoms with Gasteiger partial charge in [0.05, 0.1) is 11.6 Å². The summed E-state index contributed by atoms with van der Waals surface area (Å²) in [6, 6.07) is 6.37. The minimum atomic E-state index is 0.0708. The normalized spacial score (nSPS) is 18.7. The first-order valence-corrected chi connectivity index (χ1v) is 9.16. The van der Waals surface area contributed by atoms with Crippen LogP contribution in [0.1, 0.15) is 11.1 Å². The summed E-state index contributed by atoms with van der Waals surface area (Å²) in [6.07, 6.45) is 0. The van der Waals surface area contributed by atoms with E-state index in [1.807, 2.05) is 4.90 Å². The topological polar surface area (TPSA) is 43.9 Å². The molecule has 6 heteroatoms. The summed E-state index contributed by atoms with van der Waals surface area (Å²) in [5.41, 5.74) is 3.88. The smallest absolute Gasteiger partial charge is 0.242 e. The first kappa shape index (κ1) is 16.2. The lowest BCUT2D eigenvalue weighted by Crippen LogP contribution is -2.51. The Morgan fingerprint density at radius 3 is 2.57 bits per heavy atom. The minimum Gasteiger partial charge on any atom is -0.368 e. The number of anilines is 1. The van der Waals surface area contributed by atoms with Gasteiger partial charge in [-0.05, 0) is 31.0 Å². The maximum atomic E-state index is 12.4. The Kier molecular flexibility index (Phi) is 4.80. The van der Waals surface area contributed by atoms with Crippen molar-refractivity contribution in [1.29, 1.82) is 0 Å². The molecule has 0 spiro atoms. The van der Waals surface area contributed by atoms with E-state index >= 15 is 0 Å². The number of carbonyl (C=O) groups excluding carboxylic acids is 2. The zero-order valence-electron chi connectivity index (χ0n) is 13.7. The average Bonchev–Trinajstić information content (AvgIpc) is 2.95. The number of hydrogen-bond donors (Lipinski definition) is 0. The predicted octanol–water partition coefficient (Wildman–Crippen LogP) is 1.48. The molecule has 124 valence electrons. The van der Waals surface area contributed by atoms with E-state index in [9.17, 15) is 9.59 Å². The van der Waals surface area contributed by atoms with Gasteiger partial charge in [-0.25, -0.2) is 0 Å². The summed E-state index contributed by atoms with van der Waals surface area (Å²) in [7, 11) is 0. The minimum absolute atomic E-state index is 0.0708. The standard InChI is InChI=1S/C17H23N3O2S/c1-13-4-3-5-15(14(13)2)18-6-8-19(9-7-18)16(21)10-20-12-23-11-17(20)22/h3-5H,6-12H2,1-2H3. The molecule has 23 heavy (non-hydrogen) atoms. The molecule has 1 aromatic carbocycles. The fourth-order valence-corrected chi connectivity index (χ4v) is 3.98. The summed E-state index contributed by atoms with van der Waals surface area (Å²) >= 11 is 1.58. The van der Waals surface area contributed by atoms with Gasteiger partial charge in [0.15, 0.2) is 0 Å². The molecule has 2 aliphatic heterocycles. The van der Waals surface area contributed by atoms with Crippen molar-refractivity contribution in [2.45, 2.75) is 13.8 Å². The van der Waals surface area contributed by atoms with Crippen LogP contribution in [0.2, 0.25) is 0 Å². The van der Waals surface area contributed by atoms with Gasteiger partial charge in [0, 0.05) is 31.9 Å². The van der Waals surface area contributed by atoms with E-state index in [0.717, 1.165) is 26.2 Å². The monoisotopic (exact) mass is 333 g/mol. The molecule has 0 unspecified atom stereocenters. The van der Waals surface area contributed by atoms with Crippen molar-refractivity contribution < 1.29 is 9.59 Å². The largest absolute Gasteiger partial charge is 0.368 e. The Bertz CT molecular complexity index is 612. The Morgan fingerprint density at radius 2 is 1.91 bits per heavy atom. The fourth-order valence-electron chi connectivity index (χ4n) is 3.08. The van der Waals surface area contributed by atoms with Crippen molar-refractivity contribution >= 4 is 29.3 Å². The molecule has 0 aromatic heterocycles. The molecule has 0 radical (unpaired) electrons. The molecule has 1 aromatic rings. The highest BCUT2D eigenvalue weighted by atomic mass is 32.2. The molecule has 0 atom stereocenters. The van der Waals surface area contributed by atoms with Gasteiger partial charge in [-0.15, -0.1) is 11.8 Å². The van der Waals surface area contributed by atoms with Crippen LogP contribution in [0.15, 0.2) is 18.2 Å². The molecular formula is C17H23N3O2S. The van der Waals surface area contributed by atoms with Crippen molar-refractivity contribution in [3.63, 3.8) is 0 Å². The van der Waals surface area contributed by atoms with Gasteiger partial charge in [-0.1, -0.05) is 12.1 Å². The molecule has 0 aliphatic carbocycles. The Labute approximate surface area is 141 Å². The lowest BCUT2D eigenvalue weighted by Gasteiger charge is -2.37. The summed E-state index contributed by atoms with van der Waals surface area (Å²) in [5.74, 6) is 1.31. The number of nitrogens with zero attached hydrogens (tertiary/aromatic N) is 3. The number of hydrogen-bond acceptors (Lipinski definition) is 4. The van der Waals surface area contributed by atoms with E-state index in [0.29, 0.717) is 11.6 Å². The molecule has 2 aliphatic rings. The van der Waals surface area contributed by atoms with Crippen LogP contribution in [0.5, 0.6) is 0 Å². The number of thioether (sulfide) groups is 1. The number of aryl methyl sites for hydroxylation is 1. The van der Waals surface area contributed by atoms with Crippen molar-refractivity contribution in [2.75, 3.05) is 49.3 Å². The third-order valence-electron chi connectivity index (χ3n) is 4.70. The van der Waals surface area contributed by atoms with E-state index in [4.69, 9.17) is 0 Å². The van der Waals surface area contributed by atoms with Crippen LogP contribution in [0.4, 0.5) is 5.69 Å². The van der Waals surface area contributed by atoms with E-state index in [1.165, 1.54) is 16.8 Å². The van der Waals surface area contributed by atoms with E-state index in [1.54, 1.807) is 16.7 Å². The second kappa shape index (κ2) is 6.83. The summed E-state index contributed by atoms with van der Waals surface area (Å²) in [5, 5.41) is 0. The quantitative estimate of drug-likeness (QED) is 0.841. The van der Waals surface area contributed by atoms with Crippen LogP contribution in [-0.4, -0.2) is 66.0 Å². The third-order valence-corrected chi connectivity index (χ3v) is 5.65. The molecule has 0 N–H and O–H groups in total. The van der Waals surface area contributed by atoms with E-state index in [-0.39, 0.29) is 18.4 Å². The number of rotatable bonds is 3. The number of benzene rings is 1. The molecule has 2 saturated heterocycles. The van der Waals surface area contributed by atoms with Crippen molar-refractivity contribution in [1.82, 2.24) is 9.80 Å². The van der Waals surface area contributed by atoms with Gasteiger partial charge in [-0.3, -0.25) is 9.59 Å². The van der Waals surface area contributed by atoms with Gasteiger partial charge in [-0.2, -0.15) is 0 Å².